The molecule has 0 aliphatic carbocycles. The third-order valence-electron chi connectivity index (χ3n) is 23.8. The van der Waals surface area contributed by atoms with Crippen molar-refractivity contribution in [2.24, 2.45) is 0 Å². The minimum atomic E-state index is 0.669. The van der Waals surface area contributed by atoms with Crippen molar-refractivity contribution in [1.82, 2.24) is 42.4 Å². The van der Waals surface area contributed by atoms with Crippen LogP contribution in [0.2, 0.25) is 0 Å². The second-order valence-corrected chi connectivity index (χ2v) is 30.6. The van der Waals surface area contributed by atoms with E-state index in [-0.39, 0.29) is 0 Å². The lowest BCUT2D eigenvalue weighted by atomic mass is 10.0. The van der Waals surface area contributed by atoms with E-state index in [2.05, 4.69) is 434 Å². The maximum absolute atomic E-state index is 5.14. The quantitative estimate of drug-likeness (QED) is 0.137. The zero-order chi connectivity index (χ0) is 79.1. The Hall–Kier alpha value is -16.2. The second kappa shape index (κ2) is 28.9. The first-order valence-electron chi connectivity index (χ1n) is 40.8. The van der Waals surface area contributed by atoms with E-state index >= 15 is 0 Å². The number of hydrogen-bond donors (Lipinski definition) is 0. The monoisotopic (exact) mass is 1530 g/mol. The molecule has 0 radical (unpaired) electrons. The summed E-state index contributed by atoms with van der Waals surface area (Å²) in [5.41, 5.74) is 27.9. The molecule has 0 aliphatic heterocycles. The lowest BCUT2D eigenvalue weighted by Gasteiger charge is -2.11. The summed E-state index contributed by atoms with van der Waals surface area (Å²) in [4.78, 5) is 14.8. The van der Waals surface area contributed by atoms with Gasteiger partial charge in [-0.25, -0.2) is 15.0 Å². The molecule has 0 saturated carbocycles. The summed E-state index contributed by atoms with van der Waals surface area (Å²) in [7, 11) is 0. The van der Waals surface area contributed by atoms with E-state index in [1.807, 2.05) is 36.7 Å². The highest BCUT2D eigenvalue weighted by atomic mass is 15.2. The lowest BCUT2D eigenvalue weighted by Crippen LogP contribution is -2.00. The van der Waals surface area contributed by atoms with Crippen molar-refractivity contribution in [2.75, 3.05) is 0 Å². The molecule has 562 valence electrons. The first-order chi connectivity index (χ1) is 59.6. The molecule has 0 atom stereocenters. The zero-order valence-electron chi connectivity index (χ0n) is 65.2. The molecule has 9 nitrogen and oxygen atoms in total. The predicted octanol–water partition coefficient (Wildman–Crippen LogP) is 28.5. The topological polar surface area (TPSA) is 68.2 Å². The van der Waals surface area contributed by atoms with E-state index in [1.54, 1.807) is 0 Å². The van der Waals surface area contributed by atoms with Crippen LogP contribution in [-0.2, 0) is 0 Å². The van der Waals surface area contributed by atoms with Crippen LogP contribution in [0.1, 0.15) is 0 Å². The van der Waals surface area contributed by atoms with Crippen molar-refractivity contribution in [3.63, 3.8) is 0 Å². The number of pyridine rings is 1. The summed E-state index contributed by atoms with van der Waals surface area (Å²) < 4.78 is 14.1. The van der Waals surface area contributed by atoms with Crippen LogP contribution in [0.25, 0.3) is 210 Å². The molecule has 8 heterocycles. The van der Waals surface area contributed by atoms with Gasteiger partial charge in [-0.3, -0.25) is 9.13 Å². The highest BCUT2D eigenvalue weighted by Gasteiger charge is 2.26. The van der Waals surface area contributed by atoms with Gasteiger partial charge in [0.2, 0.25) is 5.95 Å². The van der Waals surface area contributed by atoms with Crippen LogP contribution in [0.4, 0.5) is 0 Å². The number of nitrogens with zero attached hydrogens (tertiary/aromatic N) is 9. The SMILES string of the molecule is c1ccc(-c2cccc(-n3c4ccccc4c4c5c6ccccc6n(-c6cccc(-c7ccccc7)c6)c5ccc43)c2)cc1.c1ccc(-c2cccc(-n3c4ccccc4c4c5c6ccccc6n(-c6ccccc6)c5ccc43)n2)cc1.c1ccc(-c2cnc(-n3c4ccccc4c4c5c6ccccc6n(-c6ccccc6)c5ccc43)nc2)cc1. The van der Waals surface area contributed by atoms with Gasteiger partial charge in [0.05, 0.1) is 71.9 Å². The minimum Gasteiger partial charge on any atom is -0.309 e. The smallest absolute Gasteiger partial charge is 0.234 e. The van der Waals surface area contributed by atoms with E-state index in [1.165, 1.54) is 137 Å². The summed E-state index contributed by atoms with van der Waals surface area (Å²) in [5, 5.41) is 15.0. The normalized spacial score (nSPS) is 11.7. The van der Waals surface area contributed by atoms with Crippen molar-refractivity contribution in [3.05, 3.63) is 443 Å². The van der Waals surface area contributed by atoms with Crippen LogP contribution in [0.3, 0.4) is 0 Å². The summed E-state index contributed by atoms with van der Waals surface area (Å²) in [6.07, 6.45) is 3.83. The van der Waals surface area contributed by atoms with E-state index in [9.17, 15) is 0 Å². The number of para-hydroxylation sites is 8. The summed E-state index contributed by atoms with van der Waals surface area (Å²) in [6.45, 7) is 0. The number of rotatable bonds is 10. The molecule has 0 spiro atoms. The molecule has 8 aromatic heterocycles. The molecule has 0 N–H and O–H groups in total. The van der Waals surface area contributed by atoms with E-state index in [0.29, 0.717) is 5.95 Å². The summed E-state index contributed by atoms with van der Waals surface area (Å²) >= 11 is 0. The third-order valence-corrected chi connectivity index (χ3v) is 23.8. The van der Waals surface area contributed by atoms with Gasteiger partial charge in [0.1, 0.15) is 5.82 Å². The molecular weight excluding hydrogens is 1460 g/mol. The molecule has 0 amide bonds. The maximum atomic E-state index is 5.14. The Morgan fingerprint density at radius 3 is 0.767 bits per heavy atom. The molecule has 17 aromatic carbocycles. The van der Waals surface area contributed by atoms with Crippen LogP contribution in [0.5, 0.6) is 0 Å². The third kappa shape index (κ3) is 11.4. The van der Waals surface area contributed by atoms with Crippen molar-refractivity contribution in [3.8, 4) is 79.2 Å². The minimum absolute atomic E-state index is 0.669. The Labute approximate surface area is 690 Å². The molecule has 25 aromatic rings. The molecule has 0 aliphatic rings. The van der Waals surface area contributed by atoms with Crippen LogP contribution in [0, 0.1) is 0 Å². The highest BCUT2D eigenvalue weighted by molar-refractivity contribution is 6.32. The standard InChI is InChI=1S/C42H28N2.C35H23N3.C34H22N4/c1-3-13-29(14-4-1)31-17-11-19-33(27-31)43-37-23-9-7-21-35(37)41-39(43)25-26-40-42(41)36-22-8-10-24-38(36)44(40)34-20-12-18-32(28-34)30-15-5-2-6-16-30;1-3-12-24(13-4-1)28-18-11-21-33(36-28)38-30-20-10-8-17-27(30)35-32(38)23-22-31-34(35)26-16-7-9-19-29(26)37(31)25-14-5-2-6-15-25;1-3-11-23(12-4-1)24-21-35-34(36-22-24)38-29-18-10-8-16-27(29)33-31(38)20-19-30-32(33)26-15-7-9-17-28(26)37(30)25-13-5-2-6-14-25/h1-28H;1-23H;1-22H. The van der Waals surface area contributed by atoms with Crippen molar-refractivity contribution < 1.29 is 0 Å². The second-order valence-electron chi connectivity index (χ2n) is 30.6. The van der Waals surface area contributed by atoms with Gasteiger partial charge in [0, 0.05) is 111 Å². The van der Waals surface area contributed by atoms with Gasteiger partial charge in [-0.2, -0.15) is 0 Å². The molecular formula is C111H73N9. The van der Waals surface area contributed by atoms with Gasteiger partial charge in [-0.15, -0.1) is 0 Å². The van der Waals surface area contributed by atoms with Gasteiger partial charge in [-0.05, 0) is 161 Å². The van der Waals surface area contributed by atoms with E-state index < -0.39 is 0 Å². The number of benzene rings is 17. The molecule has 120 heavy (non-hydrogen) atoms. The highest BCUT2D eigenvalue weighted by Crippen LogP contribution is 2.47. The Balaban J connectivity index is 0.000000105. The Morgan fingerprint density at radius 2 is 0.408 bits per heavy atom. The molecule has 9 heteroatoms. The van der Waals surface area contributed by atoms with Crippen LogP contribution >= 0.6 is 0 Å². The van der Waals surface area contributed by atoms with Gasteiger partial charge < -0.3 is 18.3 Å². The fourth-order valence-corrected chi connectivity index (χ4v) is 18.7. The Kier molecular flexibility index (Phi) is 16.7. The van der Waals surface area contributed by atoms with Gasteiger partial charge in [0.25, 0.3) is 0 Å². The summed E-state index contributed by atoms with van der Waals surface area (Å²) in [5.74, 6) is 1.59. The number of hydrogen-bond acceptors (Lipinski definition) is 3. The van der Waals surface area contributed by atoms with Crippen LogP contribution in [-0.4, -0.2) is 42.4 Å². The van der Waals surface area contributed by atoms with Crippen molar-refractivity contribution in [2.45, 2.75) is 0 Å². The van der Waals surface area contributed by atoms with Crippen LogP contribution < -0.4 is 0 Å². The average molecular weight is 1530 g/mol. The first-order valence-corrected chi connectivity index (χ1v) is 40.8. The van der Waals surface area contributed by atoms with Gasteiger partial charge in [0.15, 0.2) is 0 Å². The fourth-order valence-electron chi connectivity index (χ4n) is 18.7. The summed E-state index contributed by atoms with van der Waals surface area (Å²) in [6, 6.07) is 153. The van der Waals surface area contributed by atoms with Gasteiger partial charge >= 0.3 is 0 Å². The van der Waals surface area contributed by atoms with Crippen molar-refractivity contribution >= 4 is 131 Å². The first kappa shape index (κ1) is 69.3. The molecule has 0 fully saturated rings. The fraction of sp³-hybridized carbons (Fsp3) is 0. The average Bonchev–Trinajstić information content (AvgIpc) is 1.56. The zero-order valence-corrected chi connectivity index (χ0v) is 65.2. The Bertz CT molecular complexity index is 8070. The number of aromatic nitrogens is 9. The molecule has 25 rings (SSSR count). The van der Waals surface area contributed by atoms with Crippen molar-refractivity contribution in [1.29, 1.82) is 0 Å². The molecule has 0 unspecified atom stereocenters. The Morgan fingerprint density at radius 1 is 0.158 bits per heavy atom. The van der Waals surface area contributed by atoms with Crippen LogP contribution in [0.15, 0.2) is 443 Å². The van der Waals surface area contributed by atoms with E-state index in [0.717, 1.165) is 67.3 Å². The van der Waals surface area contributed by atoms with Gasteiger partial charge in [-0.1, -0.05) is 297 Å². The predicted molar refractivity (Wildman–Crippen MR) is 500 cm³/mol. The largest absolute Gasteiger partial charge is 0.309 e. The molecule has 0 saturated heterocycles. The molecule has 0 bridgehead atoms. The van der Waals surface area contributed by atoms with E-state index in [4.69, 9.17) is 15.0 Å². The maximum Gasteiger partial charge on any atom is 0.234 e. The lowest BCUT2D eigenvalue weighted by molar-refractivity contribution is 0.990. The number of fused-ring (bicyclic) bond motifs is 21.